The van der Waals surface area contributed by atoms with Gasteiger partial charge in [0.25, 0.3) is 0 Å². The summed E-state index contributed by atoms with van der Waals surface area (Å²) in [5, 5.41) is 14.1. The first-order valence-electron chi connectivity index (χ1n) is 7.32. The molecule has 1 aromatic heterocycles. The molecule has 23 heavy (non-hydrogen) atoms. The van der Waals surface area contributed by atoms with Crippen LogP contribution >= 0.6 is 0 Å². The Morgan fingerprint density at radius 3 is 2.70 bits per heavy atom. The van der Waals surface area contributed by atoms with Gasteiger partial charge in [-0.2, -0.15) is 0 Å². The Morgan fingerprint density at radius 2 is 1.96 bits per heavy atom. The van der Waals surface area contributed by atoms with E-state index < -0.39 is 0 Å². The third kappa shape index (κ3) is 3.26. The molecule has 3 aromatic rings. The normalized spacial score (nSPS) is 10.5. The molecular formula is C17H17N5O. The second-order valence-electron chi connectivity index (χ2n) is 5.36. The van der Waals surface area contributed by atoms with Crippen LogP contribution in [0.1, 0.15) is 16.7 Å². The van der Waals surface area contributed by atoms with E-state index in [0.717, 1.165) is 28.1 Å². The lowest BCUT2D eigenvalue weighted by Crippen LogP contribution is -2.16. The van der Waals surface area contributed by atoms with Crippen LogP contribution in [0.2, 0.25) is 0 Å². The predicted octanol–water partition coefficient (Wildman–Crippen LogP) is 2.46. The molecule has 0 aliphatic heterocycles. The lowest BCUT2D eigenvalue weighted by atomic mass is 10.1. The predicted molar refractivity (Wildman–Crippen MR) is 87.4 cm³/mol. The molecule has 1 heterocycles. The minimum Gasteiger partial charge on any atom is -0.325 e. The topological polar surface area (TPSA) is 72.7 Å². The molecule has 6 heteroatoms. The first kappa shape index (κ1) is 14.9. The van der Waals surface area contributed by atoms with Crippen LogP contribution in [0.15, 0.2) is 48.8 Å². The van der Waals surface area contributed by atoms with Gasteiger partial charge in [-0.1, -0.05) is 30.3 Å². The lowest BCUT2D eigenvalue weighted by Gasteiger charge is -2.12. The van der Waals surface area contributed by atoms with Gasteiger partial charge >= 0.3 is 0 Å². The lowest BCUT2D eigenvalue weighted by molar-refractivity contribution is -0.115. The van der Waals surface area contributed by atoms with E-state index in [1.807, 2.05) is 56.3 Å². The molecule has 0 aliphatic carbocycles. The highest BCUT2D eigenvalue weighted by molar-refractivity contribution is 5.93. The number of hydrogen-bond acceptors (Lipinski definition) is 4. The average molecular weight is 307 g/mol. The van der Waals surface area contributed by atoms with Crippen molar-refractivity contribution in [1.82, 2.24) is 20.2 Å². The summed E-state index contributed by atoms with van der Waals surface area (Å²) in [6, 6.07) is 13.5. The van der Waals surface area contributed by atoms with E-state index in [9.17, 15) is 4.79 Å². The highest BCUT2D eigenvalue weighted by atomic mass is 16.1. The number of rotatable bonds is 4. The molecule has 3 rings (SSSR count). The zero-order valence-corrected chi connectivity index (χ0v) is 13.0. The van der Waals surface area contributed by atoms with Crippen molar-refractivity contribution < 1.29 is 4.79 Å². The van der Waals surface area contributed by atoms with Crippen LogP contribution in [0.3, 0.4) is 0 Å². The number of aromatic nitrogens is 4. The van der Waals surface area contributed by atoms with Crippen molar-refractivity contribution in [3.8, 4) is 5.69 Å². The molecule has 0 spiro atoms. The number of hydrogen-bond donors (Lipinski definition) is 1. The Hall–Kier alpha value is -3.02. The number of benzene rings is 2. The molecule has 0 atom stereocenters. The Morgan fingerprint density at radius 1 is 1.13 bits per heavy atom. The van der Waals surface area contributed by atoms with Crippen LogP contribution in [0.5, 0.6) is 0 Å². The minimum absolute atomic E-state index is 0.0451. The fraction of sp³-hybridized carbons (Fsp3) is 0.176. The molecule has 0 saturated carbocycles. The molecule has 2 aromatic carbocycles. The zero-order chi connectivity index (χ0) is 16.2. The standard InChI is InChI=1S/C17H17N5O/c1-12-6-3-4-7-14(12)10-17(23)19-15-8-5-9-16(13(15)2)22-11-18-20-21-22/h3-9,11H,10H2,1-2H3,(H,19,23). The quantitative estimate of drug-likeness (QED) is 0.803. The van der Waals surface area contributed by atoms with E-state index in [-0.39, 0.29) is 5.91 Å². The number of carbonyl (C=O) groups is 1. The van der Waals surface area contributed by atoms with Crippen molar-refractivity contribution in [1.29, 1.82) is 0 Å². The van der Waals surface area contributed by atoms with Gasteiger partial charge < -0.3 is 5.32 Å². The first-order valence-corrected chi connectivity index (χ1v) is 7.32. The van der Waals surface area contributed by atoms with E-state index in [2.05, 4.69) is 20.8 Å². The van der Waals surface area contributed by atoms with Gasteiger partial charge in [-0.15, -0.1) is 5.10 Å². The third-order valence-electron chi connectivity index (χ3n) is 3.79. The van der Waals surface area contributed by atoms with Crippen molar-refractivity contribution in [2.24, 2.45) is 0 Å². The van der Waals surface area contributed by atoms with Gasteiger partial charge in [0.15, 0.2) is 0 Å². The van der Waals surface area contributed by atoms with Crippen LogP contribution in [0, 0.1) is 13.8 Å². The van der Waals surface area contributed by atoms with Crippen LogP contribution < -0.4 is 5.32 Å². The molecule has 6 nitrogen and oxygen atoms in total. The Balaban J connectivity index is 1.79. The van der Waals surface area contributed by atoms with E-state index in [1.165, 1.54) is 6.33 Å². The molecular weight excluding hydrogens is 290 g/mol. The molecule has 0 unspecified atom stereocenters. The smallest absolute Gasteiger partial charge is 0.228 e. The number of carbonyl (C=O) groups excluding carboxylic acids is 1. The summed E-state index contributed by atoms with van der Waals surface area (Å²) in [6.45, 7) is 3.94. The maximum absolute atomic E-state index is 12.3. The van der Waals surface area contributed by atoms with Gasteiger partial charge in [0, 0.05) is 5.69 Å². The number of nitrogens with zero attached hydrogens (tertiary/aromatic N) is 4. The van der Waals surface area contributed by atoms with Gasteiger partial charge in [0.2, 0.25) is 5.91 Å². The highest BCUT2D eigenvalue weighted by Crippen LogP contribution is 2.21. The zero-order valence-electron chi connectivity index (χ0n) is 13.0. The second-order valence-corrected chi connectivity index (χ2v) is 5.36. The van der Waals surface area contributed by atoms with E-state index in [4.69, 9.17) is 0 Å². The highest BCUT2D eigenvalue weighted by Gasteiger charge is 2.11. The van der Waals surface area contributed by atoms with Gasteiger partial charge in [-0.05, 0) is 53.1 Å². The molecule has 0 radical (unpaired) electrons. The number of anilines is 1. The third-order valence-corrected chi connectivity index (χ3v) is 3.79. The molecule has 1 amide bonds. The monoisotopic (exact) mass is 307 g/mol. The van der Waals surface area contributed by atoms with Gasteiger partial charge in [0.1, 0.15) is 6.33 Å². The van der Waals surface area contributed by atoms with E-state index in [1.54, 1.807) is 4.68 Å². The summed E-state index contributed by atoms with van der Waals surface area (Å²) in [7, 11) is 0. The maximum Gasteiger partial charge on any atom is 0.228 e. The van der Waals surface area contributed by atoms with Gasteiger partial charge in [-0.25, -0.2) is 4.68 Å². The van der Waals surface area contributed by atoms with E-state index in [0.29, 0.717) is 6.42 Å². The van der Waals surface area contributed by atoms with Crippen LogP contribution in [0.25, 0.3) is 5.69 Å². The molecule has 0 saturated heterocycles. The van der Waals surface area contributed by atoms with Crippen LogP contribution in [-0.2, 0) is 11.2 Å². The summed E-state index contributed by atoms with van der Waals surface area (Å²) >= 11 is 0. The maximum atomic E-state index is 12.3. The SMILES string of the molecule is Cc1ccccc1CC(=O)Nc1cccc(-n2cnnn2)c1C. The van der Waals surface area contributed by atoms with Crippen molar-refractivity contribution in [2.45, 2.75) is 20.3 Å². The van der Waals surface area contributed by atoms with Crippen molar-refractivity contribution in [3.05, 3.63) is 65.5 Å². The Labute approximate surface area is 134 Å². The number of aryl methyl sites for hydroxylation is 1. The average Bonchev–Trinajstić information content (AvgIpc) is 3.06. The number of amides is 1. The van der Waals surface area contributed by atoms with Crippen molar-refractivity contribution in [3.63, 3.8) is 0 Å². The van der Waals surface area contributed by atoms with Crippen molar-refractivity contribution in [2.75, 3.05) is 5.32 Å². The first-order chi connectivity index (χ1) is 11.1. The minimum atomic E-state index is -0.0451. The summed E-state index contributed by atoms with van der Waals surface area (Å²) in [5.74, 6) is -0.0451. The number of nitrogens with one attached hydrogen (secondary N) is 1. The summed E-state index contributed by atoms with van der Waals surface area (Å²) < 4.78 is 1.58. The number of tetrazole rings is 1. The Kier molecular flexibility index (Phi) is 4.14. The van der Waals surface area contributed by atoms with Crippen molar-refractivity contribution >= 4 is 11.6 Å². The molecule has 0 aliphatic rings. The largest absolute Gasteiger partial charge is 0.325 e. The molecule has 116 valence electrons. The molecule has 0 bridgehead atoms. The van der Waals surface area contributed by atoms with Gasteiger partial charge in [-0.3, -0.25) is 4.79 Å². The molecule has 1 N–H and O–H groups in total. The summed E-state index contributed by atoms with van der Waals surface area (Å²) in [6.07, 6.45) is 1.88. The fourth-order valence-electron chi connectivity index (χ4n) is 2.45. The van der Waals surface area contributed by atoms with Gasteiger partial charge in [0.05, 0.1) is 12.1 Å². The Bertz CT molecular complexity index is 827. The summed E-state index contributed by atoms with van der Waals surface area (Å²) in [5.41, 5.74) is 4.65. The van der Waals surface area contributed by atoms with E-state index >= 15 is 0 Å². The van der Waals surface area contributed by atoms with Crippen LogP contribution in [0.4, 0.5) is 5.69 Å². The second kappa shape index (κ2) is 6.39. The fourth-order valence-corrected chi connectivity index (χ4v) is 2.45. The van der Waals surface area contributed by atoms with Crippen LogP contribution in [-0.4, -0.2) is 26.1 Å². The summed E-state index contributed by atoms with van der Waals surface area (Å²) in [4.78, 5) is 12.3. The molecule has 0 fully saturated rings.